The highest BCUT2D eigenvalue weighted by Gasteiger charge is 2.33. The van der Waals surface area contributed by atoms with Gasteiger partial charge in [0.15, 0.2) is 5.11 Å². The summed E-state index contributed by atoms with van der Waals surface area (Å²) in [6, 6.07) is 7.12. The molecule has 1 aromatic rings. The Morgan fingerprint density at radius 3 is 2.38 bits per heavy atom. The molecule has 1 heterocycles. The molecule has 0 aromatic heterocycles. The predicted octanol–water partition coefficient (Wildman–Crippen LogP) is 5.46. The Labute approximate surface area is 197 Å². The van der Waals surface area contributed by atoms with Crippen molar-refractivity contribution in [2.45, 2.75) is 84.8 Å². The van der Waals surface area contributed by atoms with Gasteiger partial charge in [-0.25, -0.2) is 4.79 Å². The number of anilines is 1. The highest BCUT2D eigenvalue weighted by atomic mass is 32.1. The summed E-state index contributed by atoms with van der Waals surface area (Å²) < 4.78 is 5.48. The highest BCUT2D eigenvalue weighted by molar-refractivity contribution is 7.80. The quantitative estimate of drug-likeness (QED) is 0.260. The molecule has 0 fully saturated rings. The van der Waals surface area contributed by atoms with Crippen LogP contribution in [-0.4, -0.2) is 35.0 Å². The standard InChI is InChI=1S/C25H37N3O3S/c1-6-7-8-9-10-11-12-21(29)26-20-15-13-19(14-16-20)23-22(24(30)31-17(2)3)18(4)28(5)25(32)27-23/h13-17,23H,6-12H2,1-5H3,(H,26,29)(H,27,32)/t23-/m0/s1. The first kappa shape index (κ1) is 25.8. The van der Waals surface area contributed by atoms with Gasteiger partial charge in [0.05, 0.1) is 17.7 Å². The van der Waals surface area contributed by atoms with E-state index in [4.69, 9.17) is 17.0 Å². The molecule has 1 atom stereocenters. The van der Waals surface area contributed by atoms with Crippen molar-refractivity contribution in [1.29, 1.82) is 0 Å². The SMILES string of the molecule is CCCCCCCCC(=O)Nc1ccc([C@@H]2NC(=S)N(C)C(C)=C2C(=O)OC(C)C)cc1. The van der Waals surface area contributed by atoms with E-state index in [0.717, 1.165) is 29.8 Å². The smallest absolute Gasteiger partial charge is 0.338 e. The zero-order chi connectivity index (χ0) is 23.7. The Bertz CT molecular complexity index is 833. The number of esters is 1. The van der Waals surface area contributed by atoms with Crippen LogP contribution in [0.3, 0.4) is 0 Å². The molecule has 0 unspecified atom stereocenters. The minimum Gasteiger partial charge on any atom is -0.459 e. The number of carbonyl (C=O) groups excluding carboxylic acids is 2. The molecule has 1 amide bonds. The second-order valence-electron chi connectivity index (χ2n) is 8.58. The third-order valence-corrected chi connectivity index (χ3v) is 5.99. The Kier molecular flexibility index (Phi) is 10.2. The number of unbranched alkanes of at least 4 members (excludes halogenated alkanes) is 5. The lowest BCUT2D eigenvalue weighted by Crippen LogP contribution is -2.46. The average molecular weight is 460 g/mol. The van der Waals surface area contributed by atoms with Gasteiger partial charge in [0.25, 0.3) is 0 Å². The zero-order valence-electron chi connectivity index (χ0n) is 20.0. The molecule has 0 saturated heterocycles. The van der Waals surface area contributed by atoms with Crippen molar-refractivity contribution in [1.82, 2.24) is 10.2 Å². The number of amides is 1. The van der Waals surface area contributed by atoms with Gasteiger partial charge in [-0.15, -0.1) is 0 Å². The van der Waals surface area contributed by atoms with Crippen molar-refractivity contribution in [3.05, 3.63) is 41.1 Å². The second-order valence-corrected chi connectivity index (χ2v) is 8.97. The number of thiocarbonyl (C=S) groups is 1. The number of carbonyl (C=O) groups is 2. The Balaban J connectivity index is 2.04. The van der Waals surface area contributed by atoms with Gasteiger partial charge in [0, 0.05) is 24.9 Å². The van der Waals surface area contributed by atoms with Gasteiger partial charge in [-0.3, -0.25) is 4.79 Å². The fraction of sp³-hybridized carbons (Fsp3) is 0.560. The van der Waals surface area contributed by atoms with E-state index in [1.54, 1.807) is 4.90 Å². The van der Waals surface area contributed by atoms with Crippen molar-refractivity contribution < 1.29 is 14.3 Å². The van der Waals surface area contributed by atoms with Crippen molar-refractivity contribution in [2.24, 2.45) is 0 Å². The third kappa shape index (κ3) is 7.33. The average Bonchev–Trinajstić information content (AvgIpc) is 2.74. The first-order chi connectivity index (χ1) is 15.2. The van der Waals surface area contributed by atoms with Crippen molar-refractivity contribution in [3.8, 4) is 0 Å². The minimum absolute atomic E-state index is 0.0313. The van der Waals surface area contributed by atoms with Gasteiger partial charge in [-0.05, 0) is 57.1 Å². The summed E-state index contributed by atoms with van der Waals surface area (Å²) >= 11 is 5.44. The van der Waals surface area contributed by atoms with E-state index in [9.17, 15) is 9.59 Å². The summed E-state index contributed by atoms with van der Waals surface area (Å²) in [5.74, 6) is -0.329. The number of hydrogen-bond donors (Lipinski definition) is 2. The molecule has 0 spiro atoms. The van der Waals surface area contributed by atoms with Crippen LogP contribution in [0, 0.1) is 0 Å². The highest BCUT2D eigenvalue weighted by Crippen LogP contribution is 2.31. The monoisotopic (exact) mass is 459 g/mol. The molecule has 0 saturated carbocycles. The number of benzene rings is 1. The van der Waals surface area contributed by atoms with Crippen LogP contribution >= 0.6 is 12.2 Å². The molecule has 0 radical (unpaired) electrons. The van der Waals surface area contributed by atoms with E-state index < -0.39 is 6.04 Å². The molecular formula is C25H37N3O3S. The van der Waals surface area contributed by atoms with E-state index in [2.05, 4.69) is 17.6 Å². The number of hydrogen-bond acceptors (Lipinski definition) is 4. The summed E-state index contributed by atoms with van der Waals surface area (Å²) in [6.45, 7) is 7.73. The number of ether oxygens (including phenoxy) is 1. The van der Waals surface area contributed by atoms with E-state index in [-0.39, 0.29) is 18.0 Å². The van der Waals surface area contributed by atoms with E-state index in [0.29, 0.717) is 17.1 Å². The number of rotatable bonds is 11. The van der Waals surface area contributed by atoms with Crippen LogP contribution in [-0.2, 0) is 14.3 Å². The van der Waals surface area contributed by atoms with Crippen molar-refractivity contribution in [3.63, 3.8) is 0 Å². The fourth-order valence-electron chi connectivity index (χ4n) is 3.68. The Morgan fingerprint density at radius 2 is 1.75 bits per heavy atom. The van der Waals surface area contributed by atoms with E-state index in [1.165, 1.54) is 25.7 Å². The molecule has 0 bridgehead atoms. The van der Waals surface area contributed by atoms with Gasteiger partial charge >= 0.3 is 5.97 Å². The van der Waals surface area contributed by atoms with Crippen LogP contribution in [0.25, 0.3) is 0 Å². The van der Waals surface area contributed by atoms with Gasteiger partial charge < -0.3 is 20.3 Å². The first-order valence-electron chi connectivity index (χ1n) is 11.6. The molecular weight excluding hydrogens is 422 g/mol. The summed E-state index contributed by atoms with van der Waals surface area (Å²) in [4.78, 5) is 26.8. The Hall–Kier alpha value is -2.41. The molecule has 32 heavy (non-hydrogen) atoms. The van der Waals surface area contributed by atoms with E-state index in [1.807, 2.05) is 52.1 Å². The number of allylic oxidation sites excluding steroid dienone is 1. The zero-order valence-corrected chi connectivity index (χ0v) is 20.8. The molecule has 2 N–H and O–H groups in total. The number of nitrogens with one attached hydrogen (secondary N) is 2. The van der Waals surface area contributed by atoms with Crippen LogP contribution in [0.1, 0.15) is 84.2 Å². The van der Waals surface area contributed by atoms with Crippen LogP contribution in [0.4, 0.5) is 5.69 Å². The lowest BCUT2D eigenvalue weighted by atomic mass is 9.95. The molecule has 0 aliphatic carbocycles. The minimum atomic E-state index is -0.405. The second kappa shape index (κ2) is 12.6. The third-order valence-electron chi connectivity index (χ3n) is 5.60. The van der Waals surface area contributed by atoms with Gasteiger partial charge in [0.2, 0.25) is 5.91 Å². The molecule has 6 nitrogen and oxygen atoms in total. The van der Waals surface area contributed by atoms with Crippen molar-refractivity contribution >= 4 is 34.9 Å². The van der Waals surface area contributed by atoms with Gasteiger partial charge in [-0.2, -0.15) is 0 Å². The summed E-state index contributed by atoms with van der Waals surface area (Å²) in [7, 11) is 1.83. The van der Waals surface area contributed by atoms with Crippen molar-refractivity contribution in [2.75, 3.05) is 12.4 Å². The maximum atomic E-state index is 12.8. The largest absolute Gasteiger partial charge is 0.459 e. The van der Waals surface area contributed by atoms with Crippen LogP contribution in [0.5, 0.6) is 0 Å². The molecule has 2 rings (SSSR count). The predicted molar refractivity (Wildman–Crippen MR) is 133 cm³/mol. The molecule has 1 aliphatic heterocycles. The topological polar surface area (TPSA) is 70.7 Å². The lowest BCUT2D eigenvalue weighted by molar-refractivity contribution is -0.143. The Morgan fingerprint density at radius 1 is 1.12 bits per heavy atom. The summed E-state index contributed by atoms with van der Waals surface area (Å²) in [5.41, 5.74) is 2.92. The fourth-order valence-corrected chi connectivity index (χ4v) is 3.93. The van der Waals surface area contributed by atoms with Crippen LogP contribution < -0.4 is 10.6 Å². The molecule has 7 heteroatoms. The molecule has 1 aromatic carbocycles. The van der Waals surface area contributed by atoms with Crippen LogP contribution in [0.15, 0.2) is 35.5 Å². The normalized spacial score (nSPS) is 16.2. The van der Waals surface area contributed by atoms with Gasteiger partial charge in [0.1, 0.15) is 0 Å². The summed E-state index contributed by atoms with van der Waals surface area (Å²) in [5, 5.41) is 6.75. The first-order valence-corrected chi connectivity index (χ1v) is 12.0. The molecule has 176 valence electrons. The molecule has 1 aliphatic rings. The van der Waals surface area contributed by atoms with E-state index >= 15 is 0 Å². The van der Waals surface area contributed by atoms with Crippen LogP contribution in [0.2, 0.25) is 0 Å². The lowest BCUT2D eigenvalue weighted by Gasteiger charge is -2.35. The van der Waals surface area contributed by atoms with Gasteiger partial charge in [-0.1, -0.05) is 51.2 Å². The maximum absolute atomic E-state index is 12.8. The maximum Gasteiger partial charge on any atom is 0.338 e. The number of nitrogens with zero attached hydrogens (tertiary/aromatic N) is 1. The summed E-state index contributed by atoms with van der Waals surface area (Å²) in [6.07, 6.45) is 7.25.